The molecule has 0 saturated carbocycles. The zero-order chi connectivity index (χ0) is 18.4. The van der Waals surface area contributed by atoms with Gasteiger partial charge in [0.1, 0.15) is 12.4 Å². The fraction of sp³-hybridized carbons (Fsp3) is 0.105. The molecule has 0 atom stereocenters. The number of pyridine rings is 2. The smallest absolute Gasteiger partial charge is 0.279 e. The van der Waals surface area contributed by atoms with Crippen LogP contribution in [0.1, 0.15) is 21.6 Å². The maximum absolute atomic E-state index is 12.6. The highest BCUT2D eigenvalue weighted by Gasteiger charge is 2.16. The number of rotatable bonds is 6. The van der Waals surface area contributed by atoms with E-state index in [0.717, 1.165) is 15.6 Å². The van der Waals surface area contributed by atoms with Gasteiger partial charge in [-0.15, -0.1) is 0 Å². The minimum atomic E-state index is -0.401. The van der Waals surface area contributed by atoms with E-state index >= 15 is 0 Å². The van der Waals surface area contributed by atoms with Gasteiger partial charge in [-0.3, -0.25) is 4.79 Å². The van der Waals surface area contributed by atoms with Crippen molar-refractivity contribution < 1.29 is 9.53 Å². The number of hydrogen-bond donors (Lipinski definition) is 2. The van der Waals surface area contributed by atoms with E-state index in [1.54, 1.807) is 30.6 Å². The lowest BCUT2D eigenvalue weighted by atomic mass is 10.2. The number of amides is 1. The number of carbonyl (C=O) groups is 1. The number of benzene rings is 1. The number of halogens is 1. The van der Waals surface area contributed by atoms with E-state index in [-0.39, 0.29) is 5.69 Å². The maximum atomic E-state index is 12.6. The van der Waals surface area contributed by atoms with Crippen molar-refractivity contribution in [1.82, 2.24) is 9.97 Å². The van der Waals surface area contributed by atoms with Crippen molar-refractivity contribution in [3.63, 3.8) is 0 Å². The molecule has 3 N–H and O–H groups in total. The lowest BCUT2D eigenvalue weighted by molar-refractivity contribution is 0.101. The van der Waals surface area contributed by atoms with Gasteiger partial charge in [0, 0.05) is 23.4 Å². The van der Waals surface area contributed by atoms with Crippen LogP contribution in [-0.2, 0) is 13.2 Å². The minimum Gasteiger partial charge on any atom is -0.486 e. The first-order chi connectivity index (χ1) is 12.7. The number of aromatic nitrogens is 2. The van der Waals surface area contributed by atoms with Gasteiger partial charge in [-0.05, 0) is 45.3 Å². The summed E-state index contributed by atoms with van der Waals surface area (Å²) in [6.07, 6.45) is 3.15. The summed E-state index contributed by atoms with van der Waals surface area (Å²) in [5.41, 5.74) is 7.67. The van der Waals surface area contributed by atoms with Crippen LogP contribution in [0.25, 0.3) is 0 Å². The first-order valence-electron chi connectivity index (χ1n) is 7.94. The van der Waals surface area contributed by atoms with Gasteiger partial charge in [0.25, 0.3) is 5.91 Å². The molecule has 0 fully saturated rings. The molecule has 0 spiro atoms. The molecule has 6 nitrogen and oxygen atoms in total. The second-order valence-electron chi connectivity index (χ2n) is 5.48. The van der Waals surface area contributed by atoms with Gasteiger partial charge in [0.05, 0.1) is 0 Å². The standard InChI is InChI=1S/C19H17BrN4O2/c20-15-9-16(26-12-13-4-2-1-3-5-13)18(23-11-15)19(25)24-17-8-14(10-21)6-7-22-17/h1-9,11H,10,12,21H2,(H,22,24,25). The third-order valence-electron chi connectivity index (χ3n) is 3.57. The van der Waals surface area contributed by atoms with E-state index in [4.69, 9.17) is 10.5 Å². The van der Waals surface area contributed by atoms with Gasteiger partial charge in [-0.2, -0.15) is 0 Å². The van der Waals surface area contributed by atoms with Gasteiger partial charge in [-0.1, -0.05) is 30.3 Å². The molecule has 0 saturated heterocycles. The van der Waals surface area contributed by atoms with Crippen LogP contribution in [0.4, 0.5) is 5.82 Å². The van der Waals surface area contributed by atoms with E-state index < -0.39 is 5.91 Å². The number of anilines is 1. The van der Waals surface area contributed by atoms with Crippen LogP contribution in [0.15, 0.2) is 65.4 Å². The van der Waals surface area contributed by atoms with Crippen molar-refractivity contribution in [1.29, 1.82) is 0 Å². The van der Waals surface area contributed by atoms with Crippen molar-refractivity contribution in [2.75, 3.05) is 5.32 Å². The van der Waals surface area contributed by atoms with Crippen LogP contribution in [-0.4, -0.2) is 15.9 Å². The summed E-state index contributed by atoms with van der Waals surface area (Å²) >= 11 is 3.36. The Bertz CT molecular complexity index is 903. The molecule has 0 unspecified atom stereocenters. The van der Waals surface area contributed by atoms with Crippen molar-refractivity contribution >= 4 is 27.7 Å². The summed E-state index contributed by atoms with van der Waals surface area (Å²) < 4.78 is 6.54. The Morgan fingerprint density at radius 3 is 2.69 bits per heavy atom. The first-order valence-corrected chi connectivity index (χ1v) is 8.73. The lowest BCUT2D eigenvalue weighted by Gasteiger charge is -2.11. The number of ether oxygens (including phenoxy) is 1. The molecular formula is C19H17BrN4O2. The minimum absolute atomic E-state index is 0.184. The molecule has 0 aliphatic heterocycles. The van der Waals surface area contributed by atoms with Gasteiger partial charge in [0.15, 0.2) is 11.4 Å². The zero-order valence-electron chi connectivity index (χ0n) is 13.9. The van der Waals surface area contributed by atoms with Crippen LogP contribution in [0.2, 0.25) is 0 Å². The van der Waals surface area contributed by atoms with Crippen LogP contribution in [0.5, 0.6) is 5.75 Å². The number of hydrogen-bond acceptors (Lipinski definition) is 5. The van der Waals surface area contributed by atoms with Crippen LogP contribution in [0, 0.1) is 0 Å². The van der Waals surface area contributed by atoms with Crippen molar-refractivity contribution in [2.45, 2.75) is 13.2 Å². The number of nitrogens with zero attached hydrogens (tertiary/aromatic N) is 2. The molecule has 26 heavy (non-hydrogen) atoms. The fourth-order valence-corrected chi connectivity index (χ4v) is 2.59. The number of nitrogens with two attached hydrogens (primary N) is 1. The maximum Gasteiger partial charge on any atom is 0.279 e. The molecule has 2 aromatic heterocycles. The summed E-state index contributed by atoms with van der Waals surface area (Å²) in [6, 6.07) is 14.9. The molecule has 0 bridgehead atoms. The SMILES string of the molecule is NCc1ccnc(NC(=O)c2ncc(Br)cc2OCc2ccccc2)c1. The Labute approximate surface area is 159 Å². The van der Waals surface area contributed by atoms with Gasteiger partial charge in [0.2, 0.25) is 0 Å². The molecule has 132 valence electrons. The normalized spacial score (nSPS) is 10.4. The van der Waals surface area contributed by atoms with Crippen molar-refractivity contribution in [2.24, 2.45) is 5.73 Å². The topological polar surface area (TPSA) is 90.1 Å². The van der Waals surface area contributed by atoms with Crippen LogP contribution >= 0.6 is 15.9 Å². The average Bonchev–Trinajstić information content (AvgIpc) is 2.67. The Kier molecular flexibility index (Phi) is 5.93. The Hall–Kier alpha value is -2.77. The molecule has 1 amide bonds. The average molecular weight is 413 g/mol. The van der Waals surface area contributed by atoms with Crippen molar-refractivity contribution in [3.8, 4) is 5.75 Å². The van der Waals surface area contributed by atoms with E-state index in [0.29, 0.717) is 24.7 Å². The summed E-state index contributed by atoms with van der Waals surface area (Å²) in [4.78, 5) is 20.9. The van der Waals surface area contributed by atoms with E-state index in [2.05, 4.69) is 31.2 Å². The molecule has 0 radical (unpaired) electrons. The Balaban J connectivity index is 1.78. The lowest BCUT2D eigenvalue weighted by Crippen LogP contribution is -2.16. The molecule has 1 aromatic carbocycles. The van der Waals surface area contributed by atoms with Crippen LogP contribution in [0.3, 0.4) is 0 Å². The second-order valence-corrected chi connectivity index (χ2v) is 6.40. The van der Waals surface area contributed by atoms with Crippen LogP contribution < -0.4 is 15.8 Å². The Morgan fingerprint density at radius 2 is 1.92 bits per heavy atom. The predicted molar refractivity (Wildman–Crippen MR) is 103 cm³/mol. The molecular weight excluding hydrogens is 396 g/mol. The second kappa shape index (κ2) is 8.55. The van der Waals surface area contributed by atoms with Gasteiger partial charge < -0.3 is 15.8 Å². The molecule has 3 rings (SSSR count). The number of carbonyl (C=O) groups excluding carboxylic acids is 1. The summed E-state index contributed by atoms with van der Waals surface area (Å²) in [5.74, 6) is 0.398. The first kappa shape index (κ1) is 18.0. The predicted octanol–water partition coefficient (Wildman–Crippen LogP) is 3.53. The van der Waals surface area contributed by atoms with E-state index in [1.807, 2.05) is 30.3 Å². The molecule has 7 heteroatoms. The highest BCUT2D eigenvalue weighted by molar-refractivity contribution is 9.10. The highest BCUT2D eigenvalue weighted by atomic mass is 79.9. The monoisotopic (exact) mass is 412 g/mol. The largest absolute Gasteiger partial charge is 0.486 e. The molecule has 3 aromatic rings. The molecule has 2 heterocycles. The van der Waals surface area contributed by atoms with Gasteiger partial charge in [-0.25, -0.2) is 9.97 Å². The number of nitrogens with one attached hydrogen (secondary N) is 1. The summed E-state index contributed by atoms with van der Waals surface area (Å²) in [6.45, 7) is 0.702. The summed E-state index contributed by atoms with van der Waals surface area (Å²) in [5, 5.41) is 2.73. The fourth-order valence-electron chi connectivity index (χ4n) is 2.28. The quantitative estimate of drug-likeness (QED) is 0.646. The third-order valence-corrected chi connectivity index (χ3v) is 4.01. The third kappa shape index (κ3) is 4.65. The van der Waals surface area contributed by atoms with E-state index in [9.17, 15) is 4.79 Å². The van der Waals surface area contributed by atoms with Crippen molar-refractivity contribution in [3.05, 3.63) is 82.2 Å². The summed E-state index contributed by atoms with van der Waals surface area (Å²) in [7, 11) is 0. The van der Waals surface area contributed by atoms with Gasteiger partial charge >= 0.3 is 0 Å². The Morgan fingerprint density at radius 1 is 1.12 bits per heavy atom. The van der Waals surface area contributed by atoms with E-state index in [1.165, 1.54) is 0 Å². The molecule has 0 aliphatic carbocycles. The molecule has 0 aliphatic rings. The zero-order valence-corrected chi connectivity index (χ0v) is 15.4. The highest BCUT2D eigenvalue weighted by Crippen LogP contribution is 2.23.